The second-order valence-electron chi connectivity index (χ2n) is 7.81. The summed E-state index contributed by atoms with van der Waals surface area (Å²) in [4.78, 5) is 20.2. The molecule has 3 unspecified atom stereocenters. The summed E-state index contributed by atoms with van der Waals surface area (Å²) in [7, 11) is 0. The molecule has 1 aromatic heterocycles. The van der Waals surface area contributed by atoms with Crippen LogP contribution in [0.25, 0.3) is 22.2 Å². The van der Waals surface area contributed by atoms with E-state index in [1.165, 1.54) is 0 Å². The zero-order valence-electron chi connectivity index (χ0n) is 15.6. The number of halogens is 1. The molecule has 1 amide bonds. The summed E-state index contributed by atoms with van der Waals surface area (Å²) in [6.07, 6.45) is 2.23. The number of carbonyl (C=O) groups is 1. The first-order valence-electron chi connectivity index (χ1n) is 9.71. The first-order valence-corrected chi connectivity index (χ1v) is 9.71. The van der Waals surface area contributed by atoms with Gasteiger partial charge < -0.3 is 10.6 Å². The minimum absolute atomic E-state index is 0. The molecule has 2 N–H and O–H groups in total. The van der Waals surface area contributed by atoms with Crippen LogP contribution in [0.3, 0.4) is 0 Å². The van der Waals surface area contributed by atoms with E-state index >= 15 is 0 Å². The molecule has 144 valence electrons. The van der Waals surface area contributed by atoms with Gasteiger partial charge in [0.05, 0.1) is 16.8 Å². The molecule has 2 aromatic carbocycles. The van der Waals surface area contributed by atoms with Gasteiger partial charge in [0.25, 0.3) is 5.91 Å². The molecule has 5 heteroatoms. The van der Waals surface area contributed by atoms with E-state index in [0.29, 0.717) is 11.8 Å². The van der Waals surface area contributed by atoms with Crippen molar-refractivity contribution in [3.63, 3.8) is 0 Å². The van der Waals surface area contributed by atoms with Crippen molar-refractivity contribution in [2.75, 3.05) is 13.1 Å². The van der Waals surface area contributed by atoms with Gasteiger partial charge in [0.1, 0.15) is 0 Å². The van der Waals surface area contributed by atoms with Crippen LogP contribution in [0.15, 0.2) is 60.7 Å². The Balaban J connectivity index is 0.00000192. The largest absolute Gasteiger partial charge is 0.338 e. The minimum atomic E-state index is 0. The number of rotatable bonds is 2. The number of amides is 1. The van der Waals surface area contributed by atoms with Gasteiger partial charge >= 0.3 is 0 Å². The summed E-state index contributed by atoms with van der Waals surface area (Å²) < 4.78 is 0. The average Bonchev–Trinajstić information content (AvgIpc) is 3.29. The number of pyridine rings is 1. The Morgan fingerprint density at radius 1 is 1.00 bits per heavy atom. The molecule has 2 heterocycles. The predicted molar refractivity (Wildman–Crippen MR) is 115 cm³/mol. The smallest absolute Gasteiger partial charge is 0.254 e. The van der Waals surface area contributed by atoms with E-state index in [1.54, 1.807) is 0 Å². The highest BCUT2D eigenvalue weighted by molar-refractivity contribution is 6.07. The van der Waals surface area contributed by atoms with E-state index in [-0.39, 0.29) is 24.4 Å². The Morgan fingerprint density at radius 2 is 1.75 bits per heavy atom. The molecule has 1 aliphatic carbocycles. The van der Waals surface area contributed by atoms with Crippen molar-refractivity contribution in [3.05, 3.63) is 66.2 Å². The van der Waals surface area contributed by atoms with Gasteiger partial charge in [0.2, 0.25) is 0 Å². The molecule has 3 aromatic rings. The molecular formula is C23H24ClN3O. The van der Waals surface area contributed by atoms with Gasteiger partial charge in [-0.2, -0.15) is 0 Å². The number of nitrogens with two attached hydrogens (primary N) is 1. The number of benzene rings is 2. The van der Waals surface area contributed by atoms with Gasteiger partial charge in [0, 0.05) is 30.1 Å². The van der Waals surface area contributed by atoms with E-state index in [2.05, 4.69) is 0 Å². The first kappa shape index (κ1) is 18.9. The minimum Gasteiger partial charge on any atom is -0.338 e. The highest BCUT2D eigenvalue weighted by Gasteiger charge is 2.42. The lowest BCUT2D eigenvalue weighted by Crippen LogP contribution is -2.33. The molecular weight excluding hydrogens is 370 g/mol. The third-order valence-electron chi connectivity index (χ3n) is 6.22. The van der Waals surface area contributed by atoms with Gasteiger partial charge in [-0.1, -0.05) is 48.5 Å². The summed E-state index contributed by atoms with van der Waals surface area (Å²) >= 11 is 0. The zero-order valence-corrected chi connectivity index (χ0v) is 16.4. The molecule has 1 aliphatic heterocycles. The lowest BCUT2D eigenvalue weighted by molar-refractivity contribution is 0.0781. The van der Waals surface area contributed by atoms with Crippen LogP contribution in [0.2, 0.25) is 0 Å². The van der Waals surface area contributed by atoms with E-state index in [0.717, 1.165) is 53.7 Å². The number of aromatic nitrogens is 1. The van der Waals surface area contributed by atoms with Gasteiger partial charge in [-0.05, 0) is 36.8 Å². The van der Waals surface area contributed by atoms with Crippen molar-refractivity contribution in [2.45, 2.75) is 18.9 Å². The van der Waals surface area contributed by atoms with Crippen molar-refractivity contribution in [1.29, 1.82) is 0 Å². The summed E-state index contributed by atoms with van der Waals surface area (Å²) in [6, 6.07) is 20.1. The van der Waals surface area contributed by atoms with Crippen molar-refractivity contribution in [1.82, 2.24) is 9.88 Å². The van der Waals surface area contributed by atoms with Crippen LogP contribution in [-0.4, -0.2) is 34.9 Å². The van der Waals surface area contributed by atoms with Crippen LogP contribution in [0.1, 0.15) is 23.2 Å². The maximum absolute atomic E-state index is 13.4. The fourth-order valence-corrected chi connectivity index (χ4v) is 4.75. The normalized spacial score (nSPS) is 23.5. The number of carbonyl (C=O) groups excluding carboxylic acids is 1. The molecule has 3 atom stereocenters. The van der Waals surface area contributed by atoms with Crippen LogP contribution >= 0.6 is 12.4 Å². The monoisotopic (exact) mass is 393 g/mol. The van der Waals surface area contributed by atoms with Crippen LogP contribution in [0, 0.1) is 11.8 Å². The van der Waals surface area contributed by atoms with E-state index < -0.39 is 0 Å². The number of fused-ring (bicyclic) bond motifs is 2. The van der Waals surface area contributed by atoms with Gasteiger partial charge in [-0.3, -0.25) is 4.79 Å². The molecule has 1 saturated heterocycles. The Bertz CT molecular complexity index is 1010. The quantitative estimate of drug-likeness (QED) is 0.712. The Kier molecular flexibility index (Phi) is 5.09. The Morgan fingerprint density at radius 3 is 2.54 bits per heavy atom. The summed E-state index contributed by atoms with van der Waals surface area (Å²) in [5, 5.41) is 0.920. The van der Waals surface area contributed by atoms with E-state index in [1.807, 2.05) is 65.6 Å². The summed E-state index contributed by atoms with van der Waals surface area (Å²) in [6.45, 7) is 1.61. The lowest BCUT2D eigenvalue weighted by atomic mass is 9.98. The molecule has 1 saturated carbocycles. The van der Waals surface area contributed by atoms with Gasteiger partial charge in [-0.25, -0.2) is 4.98 Å². The maximum Gasteiger partial charge on any atom is 0.254 e. The fourth-order valence-electron chi connectivity index (χ4n) is 4.75. The molecule has 2 aliphatic rings. The average molecular weight is 394 g/mol. The summed E-state index contributed by atoms with van der Waals surface area (Å²) in [5.41, 5.74) is 9.73. The van der Waals surface area contributed by atoms with E-state index in [9.17, 15) is 4.79 Å². The Hall–Kier alpha value is -2.43. The van der Waals surface area contributed by atoms with Crippen molar-refractivity contribution in [2.24, 2.45) is 17.6 Å². The lowest BCUT2D eigenvalue weighted by Gasteiger charge is -2.20. The molecule has 0 spiro atoms. The van der Waals surface area contributed by atoms with Crippen molar-refractivity contribution >= 4 is 29.2 Å². The standard InChI is InChI=1S/C23H23N3O.ClH/c24-20-11-10-16-13-26(14-19(16)20)23(27)18-12-22(15-6-2-1-3-7-15)25-21-9-5-4-8-17(18)21;/h1-9,12,16,19-20H,10-11,13-14,24H2;1H. The second kappa shape index (κ2) is 7.53. The predicted octanol–water partition coefficient (Wildman–Crippen LogP) is 4.13. The van der Waals surface area contributed by atoms with Gasteiger partial charge in [-0.15, -0.1) is 12.4 Å². The number of hydrogen-bond donors (Lipinski definition) is 1. The van der Waals surface area contributed by atoms with Crippen LogP contribution in [0.4, 0.5) is 0 Å². The zero-order chi connectivity index (χ0) is 18.4. The third-order valence-corrected chi connectivity index (χ3v) is 6.22. The maximum atomic E-state index is 13.4. The van der Waals surface area contributed by atoms with Crippen LogP contribution in [-0.2, 0) is 0 Å². The third kappa shape index (κ3) is 3.17. The number of para-hydroxylation sites is 1. The van der Waals surface area contributed by atoms with Crippen molar-refractivity contribution < 1.29 is 4.79 Å². The Labute approximate surface area is 171 Å². The molecule has 4 nitrogen and oxygen atoms in total. The fraction of sp³-hybridized carbons (Fsp3) is 0.304. The van der Waals surface area contributed by atoms with Gasteiger partial charge in [0.15, 0.2) is 0 Å². The SMILES string of the molecule is Cl.NC1CCC2CN(C(=O)c3cc(-c4ccccc4)nc4ccccc34)CC12. The molecule has 5 rings (SSSR count). The highest BCUT2D eigenvalue weighted by Crippen LogP contribution is 2.38. The van der Waals surface area contributed by atoms with Crippen LogP contribution in [0.5, 0.6) is 0 Å². The molecule has 0 radical (unpaired) electrons. The molecule has 28 heavy (non-hydrogen) atoms. The highest BCUT2D eigenvalue weighted by atomic mass is 35.5. The number of nitrogens with zero attached hydrogens (tertiary/aromatic N) is 2. The molecule has 2 fully saturated rings. The number of hydrogen-bond acceptors (Lipinski definition) is 3. The summed E-state index contributed by atoms with van der Waals surface area (Å²) in [5.74, 6) is 1.12. The van der Waals surface area contributed by atoms with E-state index in [4.69, 9.17) is 10.7 Å². The molecule has 0 bridgehead atoms. The van der Waals surface area contributed by atoms with Crippen molar-refractivity contribution in [3.8, 4) is 11.3 Å². The number of likely N-dealkylation sites (tertiary alicyclic amines) is 1. The van der Waals surface area contributed by atoms with Crippen LogP contribution < -0.4 is 5.73 Å². The first-order chi connectivity index (χ1) is 13.2. The second-order valence-corrected chi connectivity index (χ2v) is 7.81. The topological polar surface area (TPSA) is 59.2 Å².